The van der Waals surface area contributed by atoms with Crippen LogP contribution in [0.4, 0.5) is 0 Å². The standard InChI is InChI=1S/C18H32O2S/c1-4-7-9-11-15-13-14-16(12-10-8-5-2)21-17(15)18(19)20-6-3/h13-17H,4-12H2,1-3H3. The SMILES string of the molecule is CCCCCC1C=CC(CCCCC)C(C(=O)OCC)S1. The molecule has 0 saturated heterocycles. The van der Waals surface area contributed by atoms with Crippen LogP contribution in [0.1, 0.15) is 72.1 Å². The Morgan fingerprint density at radius 2 is 1.67 bits per heavy atom. The fourth-order valence-electron chi connectivity index (χ4n) is 2.79. The number of hydrogen-bond acceptors (Lipinski definition) is 3. The van der Waals surface area contributed by atoms with Crippen LogP contribution in [0.25, 0.3) is 0 Å². The van der Waals surface area contributed by atoms with Gasteiger partial charge < -0.3 is 4.74 Å². The Bertz CT molecular complexity index is 314. The number of ether oxygens (including phenoxy) is 1. The van der Waals surface area contributed by atoms with Crippen LogP contribution in [0.15, 0.2) is 12.2 Å². The van der Waals surface area contributed by atoms with Gasteiger partial charge in [0.05, 0.1) is 6.61 Å². The molecule has 3 heteroatoms. The van der Waals surface area contributed by atoms with E-state index in [1.807, 2.05) is 18.7 Å². The molecule has 1 heterocycles. The number of thioether (sulfide) groups is 1. The van der Waals surface area contributed by atoms with Crippen molar-refractivity contribution in [1.29, 1.82) is 0 Å². The van der Waals surface area contributed by atoms with Gasteiger partial charge in [-0.15, -0.1) is 11.8 Å². The maximum absolute atomic E-state index is 12.2. The Balaban J connectivity index is 2.57. The minimum atomic E-state index is -0.00570. The van der Waals surface area contributed by atoms with E-state index in [0.29, 0.717) is 17.8 Å². The summed E-state index contributed by atoms with van der Waals surface area (Å²) in [5, 5.41) is 0.506. The molecule has 0 fully saturated rings. The van der Waals surface area contributed by atoms with Gasteiger partial charge in [-0.3, -0.25) is 4.79 Å². The van der Waals surface area contributed by atoms with Gasteiger partial charge in [-0.05, 0) is 25.7 Å². The topological polar surface area (TPSA) is 26.3 Å². The van der Waals surface area contributed by atoms with E-state index in [1.165, 1.54) is 44.9 Å². The van der Waals surface area contributed by atoms with Crippen LogP contribution in [0.5, 0.6) is 0 Å². The van der Waals surface area contributed by atoms with Crippen molar-refractivity contribution in [2.24, 2.45) is 5.92 Å². The normalized spacial score (nSPS) is 25.0. The smallest absolute Gasteiger partial charge is 0.319 e. The van der Waals surface area contributed by atoms with Crippen LogP contribution in [-0.4, -0.2) is 23.1 Å². The minimum Gasteiger partial charge on any atom is -0.465 e. The summed E-state index contributed by atoms with van der Waals surface area (Å²) in [5.74, 6) is 0.358. The van der Waals surface area contributed by atoms with Crippen molar-refractivity contribution in [3.63, 3.8) is 0 Å². The summed E-state index contributed by atoms with van der Waals surface area (Å²) >= 11 is 1.83. The highest BCUT2D eigenvalue weighted by molar-refractivity contribution is 8.01. The molecule has 0 N–H and O–H groups in total. The summed E-state index contributed by atoms with van der Waals surface area (Å²) in [6.07, 6.45) is 14.4. The van der Waals surface area contributed by atoms with Crippen LogP contribution in [0.2, 0.25) is 0 Å². The predicted octanol–water partition coefficient (Wildman–Crippen LogP) is 5.37. The fourth-order valence-corrected chi connectivity index (χ4v) is 4.26. The maximum Gasteiger partial charge on any atom is 0.319 e. The molecule has 1 aliphatic heterocycles. The van der Waals surface area contributed by atoms with Crippen molar-refractivity contribution < 1.29 is 9.53 Å². The van der Waals surface area contributed by atoms with Gasteiger partial charge >= 0.3 is 5.97 Å². The first-order chi connectivity index (χ1) is 10.2. The van der Waals surface area contributed by atoms with E-state index in [4.69, 9.17) is 4.74 Å². The van der Waals surface area contributed by atoms with Crippen molar-refractivity contribution in [3.8, 4) is 0 Å². The lowest BCUT2D eigenvalue weighted by Crippen LogP contribution is -2.32. The minimum absolute atomic E-state index is 0.00570. The first kappa shape index (κ1) is 18.6. The number of unbranched alkanes of at least 4 members (excludes halogenated alkanes) is 4. The predicted molar refractivity (Wildman–Crippen MR) is 92.7 cm³/mol. The van der Waals surface area contributed by atoms with Crippen molar-refractivity contribution in [2.75, 3.05) is 6.61 Å². The highest BCUT2D eigenvalue weighted by Crippen LogP contribution is 2.37. The summed E-state index contributed by atoms with van der Waals surface area (Å²) in [7, 11) is 0. The van der Waals surface area contributed by atoms with Gasteiger partial charge in [0.1, 0.15) is 5.25 Å². The third-order valence-corrected chi connectivity index (χ3v) is 5.61. The van der Waals surface area contributed by atoms with Crippen LogP contribution in [-0.2, 0) is 9.53 Å². The molecular weight excluding hydrogens is 280 g/mol. The number of carbonyl (C=O) groups is 1. The Labute approximate surface area is 135 Å². The summed E-state index contributed by atoms with van der Waals surface area (Å²) in [6, 6.07) is 0. The van der Waals surface area contributed by atoms with Gasteiger partial charge in [0.2, 0.25) is 0 Å². The molecule has 3 unspecified atom stereocenters. The summed E-state index contributed by atoms with van der Waals surface area (Å²) in [4.78, 5) is 12.2. The van der Waals surface area contributed by atoms with Crippen LogP contribution in [0, 0.1) is 5.92 Å². The molecule has 0 aromatic carbocycles. The van der Waals surface area contributed by atoms with Gasteiger partial charge in [-0.2, -0.15) is 0 Å². The van der Waals surface area contributed by atoms with Gasteiger partial charge in [-0.25, -0.2) is 0 Å². The van der Waals surface area contributed by atoms with Crippen LogP contribution < -0.4 is 0 Å². The molecule has 122 valence electrons. The van der Waals surface area contributed by atoms with Gasteiger partial charge in [0.15, 0.2) is 0 Å². The van der Waals surface area contributed by atoms with E-state index in [-0.39, 0.29) is 11.2 Å². The van der Waals surface area contributed by atoms with E-state index >= 15 is 0 Å². The number of carbonyl (C=O) groups excluding carboxylic acids is 1. The van der Waals surface area contributed by atoms with Gasteiger partial charge in [-0.1, -0.05) is 64.5 Å². The molecule has 0 spiro atoms. The van der Waals surface area contributed by atoms with E-state index in [2.05, 4.69) is 26.0 Å². The highest BCUT2D eigenvalue weighted by atomic mass is 32.2. The number of esters is 1. The molecule has 21 heavy (non-hydrogen) atoms. The van der Waals surface area contributed by atoms with E-state index < -0.39 is 0 Å². The molecule has 1 aliphatic rings. The van der Waals surface area contributed by atoms with E-state index in [0.717, 1.165) is 6.42 Å². The molecular formula is C18H32O2S. The summed E-state index contributed by atoms with van der Waals surface area (Å²) in [5.41, 5.74) is 0. The lowest BCUT2D eigenvalue weighted by atomic mass is 9.95. The highest BCUT2D eigenvalue weighted by Gasteiger charge is 2.33. The Kier molecular flexibility index (Phi) is 9.90. The zero-order valence-electron chi connectivity index (χ0n) is 14.0. The Morgan fingerprint density at radius 3 is 2.29 bits per heavy atom. The molecule has 0 aliphatic carbocycles. The van der Waals surface area contributed by atoms with Crippen molar-refractivity contribution in [1.82, 2.24) is 0 Å². The lowest BCUT2D eigenvalue weighted by Gasteiger charge is -2.30. The van der Waals surface area contributed by atoms with Crippen molar-refractivity contribution in [2.45, 2.75) is 82.6 Å². The molecule has 0 saturated carbocycles. The number of allylic oxidation sites excluding steroid dienone is 1. The average molecular weight is 313 g/mol. The lowest BCUT2D eigenvalue weighted by molar-refractivity contribution is -0.143. The summed E-state index contributed by atoms with van der Waals surface area (Å²) < 4.78 is 5.30. The third-order valence-electron chi connectivity index (χ3n) is 4.04. The first-order valence-corrected chi connectivity index (χ1v) is 9.67. The molecule has 0 bridgehead atoms. The van der Waals surface area contributed by atoms with Gasteiger partial charge in [0.25, 0.3) is 0 Å². The Morgan fingerprint density at radius 1 is 1.00 bits per heavy atom. The maximum atomic E-state index is 12.2. The average Bonchev–Trinajstić information content (AvgIpc) is 2.49. The van der Waals surface area contributed by atoms with E-state index in [1.54, 1.807) is 0 Å². The number of hydrogen-bond donors (Lipinski definition) is 0. The third kappa shape index (κ3) is 6.90. The zero-order chi connectivity index (χ0) is 15.5. The fraction of sp³-hybridized carbons (Fsp3) is 0.833. The Hall–Kier alpha value is -0.440. The monoisotopic (exact) mass is 312 g/mol. The quantitative estimate of drug-likeness (QED) is 0.308. The van der Waals surface area contributed by atoms with Crippen molar-refractivity contribution >= 4 is 17.7 Å². The molecule has 0 radical (unpaired) electrons. The number of rotatable bonds is 10. The largest absolute Gasteiger partial charge is 0.465 e. The second-order valence-electron chi connectivity index (χ2n) is 5.89. The first-order valence-electron chi connectivity index (χ1n) is 8.73. The van der Waals surface area contributed by atoms with Crippen LogP contribution in [0.3, 0.4) is 0 Å². The van der Waals surface area contributed by atoms with Crippen LogP contribution >= 0.6 is 11.8 Å². The van der Waals surface area contributed by atoms with Gasteiger partial charge in [0, 0.05) is 5.25 Å². The molecule has 1 rings (SSSR count). The zero-order valence-corrected chi connectivity index (χ0v) is 14.8. The molecule has 2 nitrogen and oxygen atoms in total. The second kappa shape index (κ2) is 11.2. The van der Waals surface area contributed by atoms with Crippen molar-refractivity contribution in [3.05, 3.63) is 12.2 Å². The molecule has 3 atom stereocenters. The van der Waals surface area contributed by atoms with E-state index in [9.17, 15) is 4.79 Å². The molecule has 0 amide bonds. The molecule has 0 aromatic rings. The summed E-state index contributed by atoms with van der Waals surface area (Å²) in [6.45, 7) is 6.83. The second-order valence-corrected chi connectivity index (χ2v) is 7.27. The molecule has 0 aromatic heterocycles.